The third-order valence-electron chi connectivity index (χ3n) is 2.30. The molecule has 0 aliphatic carbocycles. The predicted molar refractivity (Wildman–Crippen MR) is 61.9 cm³/mol. The van der Waals surface area contributed by atoms with Crippen LogP contribution in [0.4, 0.5) is 0 Å². The normalized spacial score (nSPS) is 9.81. The van der Waals surface area contributed by atoms with Crippen molar-refractivity contribution in [3.05, 3.63) is 54.4 Å². The lowest BCUT2D eigenvalue weighted by Gasteiger charge is -2.07. The molecule has 0 atom stereocenters. The van der Waals surface area contributed by atoms with E-state index in [1.54, 1.807) is 19.3 Å². The number of rotatable bonds is 2. The Morgan fingerprint density at radius 3 is 2.75 bits per heavy atom. The van der Waals surface area contributed by atoms with Gasteiger partial charge in [-0.1, -0.05) is 24.3 Å². The minimum absolute atomic E-state index is 0.104. The number of carbonyl (C=O) groups is 1. The van der Waals surface area contributed by atoms with Crippen molar-refractivity contribution in [1.29, 1.82) is 0 Å². The number of nitrogens with zero attached hydrogens (tertiary/aromatic N) is 1. The summed E-state index contributed by atoms with van der Waals surface area (Å²) in [5.41, 5.74) is 2.30. The molecule has 0 spiro atoms. The quantitative estimate of drug-likeness (QED) is 0.824. The Balaban J connectivity index is 2.53. The Labute approximate surface area is 94.1 Å². The van der Waals surface area contributed by atoms with Gasteiger partial charge in [-0.25, -0.2) is 0 Å². The molecule has 1 aromatic carbocycles. The highest BCUT2D eigenvalue weighted by atomic mass is 16.1. The van der Waals surface area contributed by atoms with E-state index < -0.39 is 0 Å². The second-order valence-electron chi connectivity index (χ2n) is 3.29. The van der Waals surface area contributed by atoms with Crippen LogP contribution in [0.1, 0.15) is 10.4 Å². The maximum atomic E-state index is 11.7. The number of nitrogens with one attached hydrogen (secondary N) is 1. The van der Waals surface area contributed by atoms with Crippen molar-refractivity contribution in [2.75, 3.05) is 7.05 Å². The summed E-state index contributed by atoms with van der Waals surface area (Å²) in [6.45, 7) is 0. The van der Waals surface area contributed by atoms with E-state index in [1.165, 1.54) is 0 Å². The van der Waals surface area contributed by atoms with Crippen LogP contribution in [0.2, 0.25) is 0 Å². The first-order valence-corrected chi connectivity index (χ1v) is 4.97. The molecule has 0 bridgehead atoms. The summed E-state index contributed by atoms with van der Waals surface area (Å²) in [6.07, 6.45) is 4.53. The zero-order chi connectivity index (χ0) is 11.4. The van der Waals surface area contributed by atoms with Crippen LogP contribution in [0, 0.1) is 6.20 Å². The van der Waals surface area contributed by atoms with Crippen molar-refractivity contribution in [1.82, 2.24) is 10.3 Å². The minimum Gasteiger partial charge on any atom is -0.355 e. The fraction of sp³-hybridized carbons (Fsp3) is 0.0769. The van der Waals surface area contributed by atoms with Crippen LogP contribution in [-0.4, -0.2) is 17.9 Å². The molecule has 1 amide bonds. The number of carbonyl (C=O) groups excluding carboxylic acids is 1. The molecule has 2 rings (SSSR count). The van der Waals surface area contributed by atoms with Gasteiger partial charge in [0.25, 0.3) is 5.91 Å². The van der Waals surface area contributed by atoms with Crippen LogP contribution < -0.4 is 5.32 Å². The Morgan fingerprint density at radius 1 is 1.25 bits per heavy atom. The molecule has 0 saturated carbocycles. The Morgan fingerprint density at radius 2 is 2.06 bits per heavy atom. The number of hydrogen-bond acceptors (Lipinski definition) is 2. The van der Waals surface area contributed by atoms with E-state index in [0.717, 1.165) is 11.1 Å². The van der Waals surface area contributed by atoms with Gasteiger partial charge in [0.2, 0.25) is 0 Å². The molecule has 3 heteroatoms. The summed E-state index contributed by atoms with van der Waals surface area (Å²) >= 11 is 0. The van der Waals surface area contributed by atoms with Gasteiger partial charge in [0.05, 0.1) is 6.20 Å². The zero-order valence-corrected chi connectivity index (χ0v) is 8.90. The van der Waals surface area contributed by atoms with Gasteiger partial charge in [-0.2, -0.15) is 0 Å². The number of hydrogen-bond donors (Lipinski definition) is 1. The van der Waals surface area contributed by atoms with Gasteiger partial charge < -0.3 is 5.32 Å². The molecule has 2 aromatic rings. The monoisotopic (exact) mass is 211 g/mol. The summed E-state index contributed by atoms with van der Waals surface area (Å²) in [6, 6.07) is 11.1. The molecular formula is C13H11N2O. The standard InChI is InChI=1S/C13H11N2O/c1-14-13(16)12-7-3-2-6-11(12)10-5-4-8-15-9-10/h2-8H,1H3,(H,14,16). The van der Waals surface area contributed by atoms with Crippen molar-refractivity contribution in [2.45, 2.75) is 0 Å². The molecular weight excluding hydrogens is 200 g/mol. The Hall–Kier alpha value is -2.16. The molecule has 0 aliphatic rings. The summed E-state index contributed by atoms with van der Waals surface area (Å²) in [4.78, 5) is 15.6. The Kier molecular flexibility index (Phi) is 2.96. The van der Waals surface area contributed by atoms with Crippen molar-refractivity contribution in [3.63, 3.8) is 0 Å². The maximum absolute atomic E-state index is 11.7. The van der Waals surface area contributed by atoms with Crippen LogP contribution >= 0.6 is 0 Å². The molecule has 3 nitrogen and oxygen atoms in total. The highest BCUT2D eigenvalue weighted by molar-refractivity contribution is 6.00. The summed E-state index contributed by atoms with van der Waals surface area (Å²) in [5, 5.41) is 2.62. The van der Waals surface area contributed by atoms with E-state index in [4.69, 9.17) is 0 Å². The third kappa shape index (κ3) is 1.93. The molecule has 16 heavy (non-hydrogen) atoms. The van der Waals surface area contributed by atoms with Crippen LogP contribution in [0.15, 0.2) is 42.6 Å². The predicted octanol–water partition coefficient (Wildman–Crippen LogP) is 1.91. The number of amides is 1. The van der Waals surface area contributed by atoms with E-state index in [1.807, 2.05) is 30.3 Å². The fourth-order valence-electron chi connectivity index (χ4n) is 1.53. The molecule has 79 valence electrons. The molecule has 1 heterocycles. The van der Waals surface area contributed by atoms with Crippen LogP contribution in [0.5, 0.6) is 0 Å². The molecule has 1 N–H and O–H groups in total. The minimum atomic E-state index is -0.104. The zero-order valence-electron chi connectivity index (χ0n) is 8.90. The van der Waals surface area contributed by atoms with Gasteiger partial charge in [0.1, 0.15) is 0 Å². The van der Waals surface area contributed by atoms with Gasteiger partial charge in [-0.3, -0.25) is 9.78 Å². The van der Waals surface area contributed by atoms with E-state index in [9.17, 15) is 4.79 Å². The van der Waals surface area contributed by atoms with Gasteiger partial charge in [0.15, 0.2) is 0 Å². The molecule has 0 aliphatic heterocycles. The molecule has 0 saturated heterocycles. The van der Waals surface area contributed by atoms with Crippen molar-refractivity contribution in [3.8, 4) is 11.1 Å². The van der Waals surface area contributed by atoms with Gasteiger partial charge >= 0.3 is 0 Å². The first-order valence-electron chi connectivity index (χ1n) is 4.97. The van der Waals surface area contributed by atoms with Crippen molar-refractivity contribution >= 4 is 5.91 Å². The van der Waals surface area contributed by atoms with Gasteiger partial charge in [-0.15, -0.1) is 0 Å². The topological polar surface area (TPSA) is 42.0 Å². The largest absolute Gasteiger partial charge is 0.355 e. The first-order chi connectivity index (χ1) is 7.83. The lowest BCUT2D eigenvalue weighted by Crippen LogP contribution is -2.18. The average molecular weight is 211 g/mol. The van der Waals surface area contributed by atoms with Crippen LogP contribution in [0.3, 0.4) is 0 Å². The Bertz CT molecular complexity index is 494. The number of pyridine rings is 1. The van der Waals surface area contributed by atoms with Crippen LogP contribution in [-0.2, 0) is 0 Å². The van der Waals surface area contributed by atoms with E-state index in [-0.39, 0.29) is 5.91 Å². The van der Waals surface area contributed by atoms with E-state index >= 15 is 0 Å². The number of benzene rings is 1. The SMILES string of the molecule is CNC(=O)c1ccccc1-c1[c]nccc1. The highest BCUT2D eigenvalue weighted by Gasteiger charge is 2.10. The second kappa shape index (κ2) is 4.57. The smallest absolute Gasteiger partial charge is 0.251 e. The fourth-order valence-corrected chi connectivity index (χ4v) is 1.53. The summed E-state index contributed by atoms with van der Waals surface area (Å²) in [7, 11) is 1.62. The van der Waals surface area contributed by atoms with Crippen LogP contribution in [0.25, 0.3) is 11.1 Å². The lowest BCUT2D eigenvalue weighted by molar-refractivity contribution is 0.0963. The second-order valence-corrected chi connectivity index (χ2v) is 3.29. The first kappa shape index (κ1) is 10.4. The maximum Gasteiger partial charge on any atom is 0.251 e. The highest BCUT2D eigenvalue weighted by Crippen LogP contribution is 2.21. The summed E-state index contributed by atoms with van der Waals surface area (Å²) in [5.74, 6) is -0.104. The van der Waals surface area contributed by atoms with E-state index in [0.29, 0.717) is 5.56 Å². The van der Waals surface area contributed by atoms with E-state index in [2.05, 4.69) is 16.5 Å². The summed E-state index contributed by atoms with van der Waals surface area (Å²) < 4.78 is 0. The number of aromatic nitrogens is 1. The average Bonchev–Trinajstić information content (AvgIpc) is 2.39. The lowest BCUT2D eigenvalue weighted by atomic mass is 10.0. The van der Waals surface area contributed by atoms with Crippen molar-refractivity contribution < 1.29 is 4.79 Å². The van der Waals surface area contributed by atoms with Crippen molar-refractivity contribution in [2.24, 2.45) is 0 Å². The van der Waals surface area contributed by atoms with Gasteiger partial charge in [0, 0.05) is 24.4 Å². The molecule has 0 unspecified atom stereocenters. The molecule has 1 aromatic heterocycles. The third-order valence-corrected chi connectivity index (χ3v) is 2.30. The molecule has 1 radical (unpaired) electrons. The van der Waals surface area contributed by atoms with Gasteiger partial charge in [-0.05, 0) is 17.7 Å². The molecule has 0 fully saturated rings.